The van der Waals surface area contributed by atoms with Gasteiger partial charge in [-0.15, -0.1) is 0 Å². The molecule has 1 saturated carbocycles. The van der Waals surface area contributed by atoms with E-state index in [1.807, 2.05) is 6.92 Å². The molecule has 1 aliphatic carbocycles. The Labute approximate surface area is 118 Å². The molecule has 0 spiro atoms. The topological polar surface area (TPSA) is 66.6 Å². The highest BCUT2D eigenvalue weighted by atomic mass is 16.5. The van der Waals surface area contributed by atoms with Gasteiger partial charge < -0.3 is 9.63 Å². The van der Waals surface area contributed by atoms with Gasteiger partial charge in [-0.1, -0.05) is 18.5 Å². The fourth-order valence-electron chi connectivity index (χ4n) is 4.00. The van der Waals surface area contributed by atoms with Crippen LogP contribution in [-0.4, -0.2) is 34.2 Å². The Bertz CT molecular complexity index is 525. The van der Waals surface area contributed by atoms with Gasteiger partial charge in [-0.3, -0.25) is 9.69 Å². The molecule has 3 rings (SSSR count). The molecule has 20 heavy (non-hydrogen) atoms. The summed E-state index contributed by atoms with van der Waals surface area (Å²) in [7, 11) is 0. The van der Waals surface area contributed by atoms with Gasteiger partial charge in [0.15, 0.2) is 0 Å². The molecule has 1 aliphatic heterocycles. The van der Waals surface area contributed by atoms with Crippen LogP contribution in [0, 0.1) is 18.3 Å². The first kappa shape index (κ1) is 13.6. The van der Waals surface area contributed by atoms with Crippen LogP contribution in [0.15, 0.2) is 4.52 Å². The first-order valence-electron chi connectivity index (χ1n) is 7.46. The van der Waals surface area contributed by atoms with Crippen LogP contribution in [0.25, 0.3) is 0 Å². The monoisotopic (exact) mass is 278 g/mol. The Morgan fingerprint density at radius 2 is 2.40 bits per heavy atom. The third-order valence-corrected chi connectivity index (χ3v) is 5.15. The maximum absolute atomic E-state index is 11.7. The first-order valence-corrected chi connectivity index (χ1v) is 7.46. The summed E-state index contributed by atoms with van der Waals surface area (Å²) in [6.07, 6.45) is 3.78. The second kappa shape index (κ2) is 4.88. The molecule has 1 saturated heterocycles. The van der Waals surface area contributed by atoms with Crippen LogP contribution in [0.3, 0.4) is 0 Å². The number of rotatable bonds is 4. The van der Waals surface area contributed by atoms with Crippen LogP contribution >= 0.6 is 0 Å². The average molecular weight is 278 g/mol. The van der Waals surface area contributed by atoms with E-state index in [2.05, 4.69) is 17.0 Å². The van der Waals surface area contributed by atoms with Gasteiger partial charge in [-0.05, 0) is 32.1 Å². The van der Waals surface area contributed by atoms with E-state index < -0.39 is 11.4 Å². The molecular weight excluding hydrogens is 256 g/mol. The van der Waals surface area contributed by atoms with Crippen molar-refractivity contribution in [2.75, 3.05) is 13.1 Å². The Kier molecular flexibility index (Phi) is 3.32. The Morgan fingerprint density at radius 3 is 3.05 bits per heavy atom. The highest BCUT2D eigenvalue weighted by Gasteiger charge is 2.54. The van der Waals surface area contributed by atoms with Crippen LogP contribution in [-0.2, 0) is 17.8 Å². The minimum atomic E-state index is -0.611. The van der Waals surface area contributed by atoms with Crippen LogP contribution < -0.4 is 0 Å². The molecule has 0 bridgehead atoms. The van der Waals surface area contributed by atoms with Crippen molar-refractivity contribution in [3.63, 3.8) is 0 Å². The zero-order chi connectivity index (χ0) is 14.3. The number of carboxylic acid groups (broad SMARTS) is 1. The fourth-order valence-corrected chi connectivity index (χ4v) is 4.00. The number of carbonyl (C=O) groups is 1. The number of hydrogen-bond donors (Lipinski definition) is 1. The van der Waals surface area contributed by atoms with Crippen molar-refractivity contribution in [1.82, 2.24) is 10.1 Å². The summed E-state index contributed by atoms with van der Waals surface area (Å²) in [5, 5.41) is 13.7. The van der Waals surface area contributed by atoms with E-state index >= 15 is 0 Å². The van der Waals surface area contributed by atoms with Crippen molar-refractivity contribution >= 4 is 5.97 Å². The summed E-state index contributed by atoms with van der Waals surface area (Å²) in [5.41, 5.74) is 1.65. The SMILES string of the molecule is CCc1noc(C)c1CN1C[C@@H]2CCC[C@@]2(C(=O)O)C1. The molecule has 2 atom stereocenters. The quantitative estimate of drug-likeness (QED) is 0.914. The molecular formula is C15H22N2O3. The number of aryl methyl sites for hydroxylation is 2. The normalized spacial score (nSPS) is 29.8. The molecule has 0 unspecified atom stereocenters. The second-order valence-electron chi connectivity index (χ2n) is 6.24. The van der Waals surface area contributed by atoms with Gasteiger partial charge >= 0.3 is 5.97 Å². The maximum atomic E-state index is 11.7. The van der Waals surface area contributed by atoms with Crippen molar-refractivity contribution in [2.45, 2.75) is 46.1 Å². The molecule has 1 N–H and O–H groups in total. The van der Waals surface area contributed by atoms with Gasteiger partial charge in [-0.2, -0.15) is 0 Å². The van der Waals surface area contributed by atoms with Gasteiger partial charge in [0, 0.05) is 25.2 Å². The lowest BCUT2D eigenvalue weighted by molar-refractivity contribution is -0.149. The molecule has 1 aromatic rings. The van der Waals surface area contributed by atoms with Gasteiger partial charge in [0.25, 0.3) is 0 Å². The van der Waals surface area contributed by atoms with Gasteiger partial charge in [0.1, 0.15) is 5.76 Å². The number of hydrogen-bond acceptors (Lipinski definition) is 4. The van der Waals surface area contributed by atoms with Crippen LogP contribution in [0.4, 0.5) is 0 Å². The summed E-state index contributed by atoms with van der Waals surface area (Å²) < 4.78 is 5.27. The number of aromatic nitrogens is 1. The summed E-state index contributed by atoms with van der Waals surface area (Å²) >= 11 is 0. The molecule has 110 valence electrons. The van der Waals surface area contributed by atoms with E-state index in [-0.39, 0.29) is 0 Å². The lowest BCUT2D eigenvalue weighted by Crippen LogP contribution is -2.35. The lowest BCUT2D eigenvalue weighted by atomic mass is 9.81. The van der Waals surface area contributed by atoms with E-state index in [4.69, 9.17) is 4.52 Å². The van der Waals surface area contributed by atoms with E-state index in [1.54, 1.807) is 0 Å². The summed E-state index contributed by atoms with van der Waals surface area (Å²) in [6.45, 7) is 6.33. The van der Waals surface area contributed by atoms with Crippen LogP contribution in [0.5, 0.6) is 0 Å². The highest BCUT2D eigenvalue weighted by molar-refractivity contribution is 5.76. The smallest absolute Gasteiger partial charge is 0.311 e. The first-order chi connectivity index (χ1) is 9.56. The average Bonchev–Trinajstić information content (AvgIpc) is 3.04. The van der Waals surface area contributed by atoms with Crippen LogP contribution in [0.2, 0.25) is 0 Å². The molecule has 0 amide bonds. The van der Waals surface area contributed by atoms with Crippen LogP contribution in [0.1, 0.15) is 43.2 Å². The number of nitrogens with zero attached hydrogens (tertiary/aromatic N) is 2. The van der Waals surface area contributed by atoms with Crippen molar-refractivity contribution in [1.29, 1.82) is 0 Å². The largest absolute Gasteiger partial charge is 0.481 e. The molecule has 0 radical (unpaired) electrons. The van der Waals surface area contributed by atoms with E-state index in [9.17, 15) is 9.90 Å². The van der Waals surface area contributed by atoms with Gasteiger partial charge in [0.2, 0.25) is 0 Å². The zero-order valence-electron chi connectivity index (χ0n) is 12.2. The van der Waals surface area contributed by atoms with E-state index in [0.717, 1.165) is 55.8 Å². The van der Waals surface area contributed by atoms with Gasteiger partial charge in [-0.25, -0.2) is 0 Å². The molecule has 2 heterocycles. The van der Waals surface area contributed by atoms with Gasteiger partial charge in [0.05, 0.1) is 11.1 Å². The summed E-state index contributed by atoms with van der Waals surface area (Å²) in [4.78, 5) is 14.0. The van der Waals surface area contributed by atoms with Crippen molar-refractivity contribution in [2.24, 2.45) is 11.3 Å². The van der Waals surface area contributed by atoms with Crippen molar-refractivity contribution < 1.29 is 14.4 Å². The Morgan fingerprint density at radius 1 is 1.60 bits per heavy atom. The fraction of sp³-hybridized carbons (Fsp3) is 0.733. The predicted octanol–water partition coefficient (Wildman–Crippen LogP) is 2.23. The summed E-state index contributed by atoms with van der Waals surface area (Å²) in [6, 6.07) is 0. The standard InChI is InChI=1S/C15H22N2O3/c1-3-13-12(10(2)20-16-13)8-17-7-11-5-4-6-15(11,9-17)14(18)19/h11H,3-9H2,1-2H3,(H,18,19)/t11-,15+/m0/s1. The van der Waals surface area contributed by atoms with E-state index in [0.29, 0.717) is 12.5 Å². The third kappa shape index (κ3) is 1.95. The van der Waals surface area contributed by atoms with Crippen molar-refractivity contribution in [3.8, 4) is 0 Å². The minimum Gasteiger partial charge on any atom is -0.481 e. The molecule has 5 nitrogen and oxygen atoms in total. The number of aliphatic carboxylic acids is 1. The number of carboxylic acids is 1. The van der Waals surface area contributed by atoms with Crippen molar-refractivity contribution in [3.05, 3.63) is 17.0 Å². The summed E-state index contributed by atoms with van der Waals surface area (Å²) in [5.74, 6) is 0.564. The molecule has 5 heteroatoms. The third-order valence-electron chi connectivity index (χ3n) is 5.15. The Balaban J connectivity index is 1.78. The number of fused-ring (bicyclic) bond motifs is 1. The predicted molar refractivity (Wildman–Crippen MR) is 73.3 cm³/mol. The number of likely N-dealkylation sites (tertiary alicyclic amines) is 1. The Hall–Kier alpha value is -1.36. The minimum absolute atomic E-state index is 0.310. The maximum Gasteiger partial charge on any atom is 0.311 e. The molecule has 0 aromatic carbocycles. The molecule has 2 fully saturated rings. The molecule has 1 aromatic heterocycles. The lowest BCUT2D eigenvalue weighted by Gasteiger charge is -2.23. The highest BCUT2D eigenvalue weighted by Crippen LogP contribution is 2.49. The second-order valence-corrected chi connectivity index (χ2v) is 6.24. The zero-order valence-corrected chi connectivity index (χ0v) is 12.2. The van der Waals surface area contributed by atoms with E-state index in [1.165, 1.54) is 0 Å². The molecule has 2 aliphatic rings.